The van der Waals surface area contributed by atoms with Gasteiger partial charge in [0.15, 0.2) is 0 Å². The van der Waals surface area contributed by atoms with Crippen LogP contribution in [0.3, 0.4) is 0 Å². The Morgan fingerprint density at radius 2 is 2.00 bits per heavy atom. The molecule has 3 atom stereocenters. The number of hydrogen-bond donors (Lipinski definition) is 2. The normalized spacial score (nSPS) is 30.2. The van der Waals surface area contributed by atoms with Crippen molar-refractivity contribution < 1.29 is 14.6 Å². The van der Waals surface area contributed by atoms with Crippen LogP contribution in [0.1, 0.15) is 53.9 Å². The Kier molecular flexibility index (Phi) is 5.61. The Morgan fingerprint density at radius 1 is 1.40 bits per heavy atom. The molecule has 20 heavy (non-hydrogen) atoms. The highest BCUT2D eigenvalue weighted by Crippen LogP contribution is 2.45. The van der Waals surface area contributed by atoms with Crippen molar-refractivity contribution in [3.63, 3.8) is 0 Å². The van der Waals surface area contributed by atoms with Crippen LogP contribution in [0.2, 0.25) is 0 Å². The van der Waals surface area contributed by atoms with Gasteiger partial charge in [-0.25, -0.2) is 0 Å². The number of rotatable bonds is 6. The summed E-state index contributed by atoms with van der Waals surface area (Å²) in [4.78, 5) is 11.4. The second-order valence-corrected chi connectivity index (χ2v) is 7.35. The molecule has 0 spiro atoms. The number of carboxylic acids is 1. The molecular weight excluding hydrogens is 254 g/mol. The third kappa shape index (κ3) is 3.95. The Balaban J connectivity index is 2.56. The first kappa shape index (κ1) is 17.4. The van der Waals surface area contributed by atoms with E-state index in [0.29, 0.717) is 12.0 Å². The molecule has 1 fully saturated rings. The molecule has 2 N–H and O–H groups in total. The molecule has 1 rings (SSSR count). The molecule has 1 saturated carbocycles. The summed E-state index contributed by atoms with van der Waals surface area (Å²) in [7, 11) is 1.74. The molecule has 0 heterocycles. The average molecular weight is 285 g/mol. The van der Waals surface area contributed by atoms with Gasteiger partial charge < -0.3 is 15.2 Å². The molecule has 0 radical (unpaired) electrons. The molecule has 118 valence electrons. The second kappa shape index (κ2) is 6.44. The van der Waals surface area contributed by atoms with Gasteiger partial charge in [0.1, 0.15) is 0 Å². The van der Waals surface area contributed by atoms with E-state index in [9.17, 15) is 9.90 Å². The molecule has 0 aliphatic heterocycles. The van der Waals surface area contributed by atoms with E-state index in [1.165, 1.54) is 0 Å². The largest absolute Gasteiger partial charge is 0.481 e. The van der Waals surface area contributed by atoms with Crippen molar-refractivity contribution in [2.45, 2.75) is 65.5 Å². The second-order valence-electron chi connectivity index (χ2n) is 7.35. The molecule has 4 nitrogen and oxygen atoms in total. The van der Waals surface area contributed by atoms with Gasteiger partial charge in [-0.2, -0.15) is 0 Å². The summed E-state index contributed by atoms with van der Waals surface area (Å²) >= 11 is 0. The third-order valence-electron chi connectivity index (χ3n) is 5.43. The van der Waals surface area contributed by atoms with E-state index in [0.717, 1.165) is 25.8 Å². The maximum Gasteiger partial charge on any atom is 0.307 e. The summed E-state index contributed by atoms with van der Waals surface area (Å²) in [6, 6.07) is 0.397. The van der Waals surface area contributed by atoms with Crippen molar-refractivity contribution in [2.24, 2.45) is 17.3 Å². The number of ether oxygens (including phenoxy) is 1. The number of carboxylic acid groups (broad SMARTS) is 1. The van der Waals surface area contributed by atoms with Gasteiger partial charge in [0.05, 0.1) is 11.5 Å². The van der Waals surface area contributed by atoms with Gasteiger partial charge >= 0.3 is 5.97 Å². The summed E-state index contributed by atoms with van der Waals surface area (Å²) in [5.41, 5.74) is -0.275. The van der Waals surface area contributed by atoms with E-state index in [4.69, 9.17) is 4.74 Å². The van der Waals surface area contributed by atoms with Crippen LogP contribution in [0.25, 0.3) is 0 Å². The molecule has 3 unspecified atom stereocenters. The predicted molar refractivity (Wildman–Crippen MR) is 80.8 cm³/mol. The minimum atomic E-state index is -0.652. The van der Waals surface area contributed by atoms with Crippen LogP contribution in [0.5, 0.6) is 0 Å². The van der Waals surface area contributed by atoms with Crippen molar-refractivity contribution in [1.82, 2.24) is 5.32 Å². The van der Waals surface area contributed by atoms with E-state index < -0.39 is 5.97 Å². The molecule has 4 heteroatoms. The fourth-order valence-corrected chi connectivity index (χ4v) is 3.19. The molecular formula is C16H31NO3. The van der Waals surface area contributed by atoms with E-state index in [-0.39, 0.29) is 16.9 Å². The lowest BCUT2D eigenvalue weighted by molar-refractivity contribution is -0.150. The van der Waals surface area contributed by atoms with E-state index in [2.05, 4.69) is 39.9 Å². The van der Waals surface area contributed by atoms with E-state index in [1.54, 1.807) is 7.11 Å². The van der Waals surface area contributed by atoms with E-state index in [1.807, 2.05) is 0 Å². The first-order valence-electron chi connectivity index (χ1n) is 7.63. The summed E-state index contributed by atoms with van der Waals surface area (Å²) in [5, 5.41) is 13.0. The Hall–Kier alpha value is -0.610. The van der Waals surface area contributed by atoms with Crippen LogP contribution in [-0.4, -0.2) is 36.4 Å². The van der Waals surface area contributed by atoms with Crippen LogP contribution in [-0.2, 0) is 9.53 Å². The lowest BCUT2D eigenvalue weighted by Gasteiger charge is -2.46. The number of hydrogen-bond acceptors (Lipinski definition) is 3. The minimum absolute atomic E-state index is 0.107. The standard InChI is InChI=1S/C16H31NO3/c1-11-13(17-10-9-15(2,3)20-6)8-7-12(14(18)19)16(11,4)5/h11-13,17H,7-10H2,1-6H3,(H,18,19). The summed E-state index contributed by atoms with van der Waals surface area (Å²) in [5.74, 6) is -0.533. The first-order valence-corrected chi connectivity index (χ1v) is 7.63. The molecule has 0 amide bonds. The number of aliphatic carboxylic acids is 1. The van der Waals surface area contributed by atoms with Gasteiger partial charge in [-0.05, 0) is 51.0 Å². The quantitative estimate of drug-likeness (QED) is 0.788. The van der Waals surface area contributed by atoms with Crippen LogP contribution in [0.4, 0.5) is 0 Å². The number of nitrogens with one attached hydrogen (secondary N) is 1. The smallest absolute Gasteiger partial charge is 0.307 e. The maximum absolute atomic E-state index is 11.4. The van der Waals surface area contributed by atoms with Crippen molar-refractivity contribution >= 4 is 5.97 Å². The summed E-state index contributed by atoms with van der Waals surface area (Å²) in [6.45, 7) is 11.4. The zero-order valence-corrected chi connectivity index (χ0v) is 13.8. The zero-order valence-electron chi connectivity index (χ0n) is 13.8. The fourth-order valence-electron chi connectivity index (χ4n) is 3.19. The molecule has 1 aliphatic carbocycles. The predicted octanol–water partition coefficient (Wildman–Crippen LogP) is 2.92. The van der Waals surface area contributed by atoms with Crippen LogP contribution in [0, 0.1) is 17.3 Å². The van der Waals surface area contributed by atoms with Crippen LogP contribution >= 0.6 is 0 Å². The van der Waals surface area contributed by atoms with Gasteiger partial charge in [0, 0.05) is 13.2 Å². The number of methoxy groups -OCH3 is 1. The van der Waals surface area contributed by atoms with Gasteiger partial charge in [-0.15, -0.1) is 0 Å². The molecule has 0 aromatic rings. The highest BCUT2D eigenvalue weighted by atomic mass is 16.5. The molecule has 1 aliphatic rings. The monoisotopic (exact) mass is 285 g/mol. The van der Waals surface area contributed by atoms with Gasteiger partial charge in [-0.3, -0.25) is 4.79 Å². The molecule has 0 aromatic heterocycles. The van der Waals surface area contributed by atoms with Crippen LogP contribution in [0.15, 0.2) is 0 Å². The Labute approximate surface area is 123 Å². The lowest BCUT2D eigenvalue weighted by Crippen LogP contribution is -2.51. The molecule has 0 saturated heterocycles. The average Bonchev–Trinajstić information content (AvgIpc) is 2.34. The molecule has 0 aromatic carbocycles. The Morgan fingerprint density at radius 3 is 2.50 bits per heavy atom. The lowest BCUT2D eigenvalue weighted by atomic mass is 9.61. The SMILES string of the molecule is COC(C)(C)CCNC1CCC(C(=O)O)C(C)(C)C1C. The number of carbonyl (C=O) groups is 1. The van der Waals surface area contributed by atoms with Crippen molar-refractivity contribution in [3.05, 3.63) is 0 Å². The fraction of sp³-hybridized carbons (Fsp3) is 0.938. The zero-order chi connectivity index (χ0) is 15.6. The van der Waals surface area contributed by atoms with Crippen LogP contribution < -0.4 is 5.32 Å². The third-order valence-corrected chi connectivity index (χ3v) is 5.43. The maximum atomic E-state index is 11.4. The van der Waals surface area contributed by atoms with Gasteiger partial charge in [0.2, 0.25) is 0 Å². The highest BCUT2D eigenvalue weighted by molar-refractivity contribution is 5.71. The van der Waals surface area contributed by atoms with E-state index >= 15 is 0 Å². The first-order chi connectivity index (χ1) is 9.12. The highest BCUT2D eigenvalue weighted by Gasteiger charge is 2.46. The minimum Gasteiger partial charge on any atom is -0.481 e. The summed E-state index contributed by atoms with van der Waals surface area (Å²) in [6.07, 6.45) is 2.66. The van der Waals surface area contributed by atoms with Crippen molar-refractivity contribution in [3.8, 4) is 0 Å². The summed E-state index contributed by atoms with van der Waals surface area (Å²) < 4.78 is 5.43. The van der Waals surface area contributed by atoms with Gasteiger partial charge in [0.25, 0.3) is 0 Å². The van der Waals surface area contributed by atoms with Crippen molar-refractivity contribution in [1.29, 1.82) is 0 Å². The van der Waals surface area contributed by atoms with Gasteiger partial charge in [-0.1, -0.05) is 20.8 Å². The topological polar surface area (TPSA) is 58.6 Å². The van der Waals surface area contributed by atoms with Crippen molar-refractivity contribution in [2.75, 3.05) is 13.7 Å². The molecule has 0 bridgehead atoms. The Bertz CT molecular complexity index is 339.